The fourth-order valence-corrected chi connectivity index (χ4v) is 1.60. The van der Waals surface area contributed by atoms with E-state index in [9.17, 15) is 9.59 Å². The minimum atomic E-state index is -0.938. The summed E-state index contributed by atoms with van der Waals surface area (Å²) >= 11 is 0. The topological polar surface area (TPSA) is 43.4 Å². The molecule has 0 aliphatic heterocycles. The van der Waals surface area contributed by atoms with Crippen LogP contribution in [0.1, 0.15) is 47.0 Å². The van der Waals surface area contributed by atoms with Gasteiger partial charge in [0.05, 0.1) is 6.61 Å². The molecule has 0 aromatic carbocycles. The van der Waals surface area contributed by atoms with E-state index < -0.39 is 5.41 Å². The summed E-state index contributed by atoms with van der Waals surface area (Å²) in [5.74, 6) is -0.385. The quantitative estimate of drug-likeness (QED) is 0.371. The fourth-order valence-electron chi connectivity index (χ4n) is 1.60. The Morgan fingerprint density at radius 3 is 2.33 bits per heavy atom. The molecule has 1 atom stereocenters. The van der Waals surface area contributed by atoms with Crippen molar-refractivity contribution >= 4 is 12.3 Å². The minimum Gasteiger partial charge on any atom is -0.465 e. The lowest BCUT2D eigenvalue weighted by Crippen LogP contribution is -2.39. The molecule has 0 aliphatic rings. The average molecular weight is 214 g/mol. The Kier molecular flexibility index (Phi) is 6.21. The third-order valence-electron chi connectivity index (χ3n) is 2.84. The molecule has 3 heteroatoms. The van der Waals surface area contributed by atoms with E-state index >= 15 is 0 Å². The zero-order valence-corrected chi connectivity index (χ0v) is 10.2. The molecule has 0 N–H and O–H groups in total. The first-order chi connectivity index (χ1) is 7.05. The van der Waals surface area contributed by atoms with Crippen molar-refractivity contribution < 1.29 is 14.3 Å². The predicted octanol–water partition coefficient (Wildman–Crippen LogP) is 2.58. The molecular weight excluding hydrogens is 192 g/mol. The second-order valence-corrected chi connectivity index (χ2v) is 4.14. The van der Waals surface area contributed by atoms with Gasteiger partial charge in [0, 0.05) is 0 Å². The van der Waals surface area contributed by atoms with E-state index in [2.05, 4.69) is 0 Å². The fraction of sp³-hybridized carbons (Fsp3) is 0.833. The summed E-state index contributed by atoms with van der Waals surface area (Å²) in [5.41, 5.74) is -0.938. The molecule has 0 aliphatic carbocycles. The highest BCUT2D eigenvalue weighted by molar-refractivity contribution is 5.93. The summed E-state index contributed by atoms with van der Waals surface area (Å²) in [4.78, 5) is 23.0. The van der Waals surface area contributed by atoms with E-state index in [1.807, 2.05) is 20.8 Å². The molecule has 1 unspecified atom stereocenters. The number of unbranched alkanes of at least 4 members (excludes halogenated alkanes) is 1. The van der Waals surface area contributed by atoms with Crippen molar-refractivity contribution in [2.45, 2.75) is 47.0 Å². The maximum atomic E-state index is 11.8. The zero-order chi connectivity index (χ0) is 11.9. The SMILES string of the molecule is CCCCC(C=O)(C(=O)OCC)C(C)C. The molecule has 88 valence electrons. The summed E-state index contributed by atoms with van der Waals surface area (Å²) in [6.45, 7) is 7.91. The van der Waals surface area contributed by atoms with Gasteiger partial charge in [0.1, 0.15) is 11.7 Å². The molecule has 0 amide bonds. The van der Waals surface area contributed by atoms with Gasteiger partial charge in [-0.05, 0) is 19.3 Å². The number of carbonyl (C=O) groups excluding carboxylic acids is 2. The van der Waals surface area contributed by atoms with Crippen molar-refractivity contribution in [3.05, 3.63) is 0 Å². The highest BCUT2D eigenvalue weighted by atomic mass is 16.5. The van der Waals surface area contributed by atoms with E-state index in [1.54, 1.807) is 6.92 Å². The molecule has 0 heterocycles. The highest BCUT2D eigenvalue weighted by Crippen LogP contribution is 2.32. The normalized spacial score (nSPS) is 14.7. The largest absolute Gasteiger partial charge is 0.465 e. The third kappa shape index (κ3) is 3.33. The molecular formula is C12H22O3. The molecule has 0 spiro atoms. The van der Waals surface area contributed by atoms with Crippen LogP contribution in [0.4, 0.5) is 0 Å². The van der Waals surface area contributed by atoms with Gasteiger partial charge in [-0.15, -0.1) is 0 Å². The Morgan fingerprint density at radius 1 is 1.40 bits per heavy atom. The van der Waals surface area contributed by atoms with Gasteiger partial charge in [-0.1, -0.05) is 33.6 Å². The second kappa shape index (κ2) is 6.59. The van der Waals surface area contributed by atoms with Crippen molar-refractivity contribution in [1.29, 1.82) is 0 Å². The van der Waals surface area contributed by atoms with Gasteiger partial charge >= 0.3 is 5.97 Å². The van der Waals surface area contributed by atoms with Gasteiger partial charge in [0.25, 0.3) is 0 Å². The van der Waals surface area contributed by atoms with E-state index in [0.29, 0.717) is 13.0 Å². The van der Waals surface area contributed by atoms with Crippen molar-refractivity contribution in [3.63, 3.8) is 0 Å². The van der Waals surface area contributed by atoms with Crippen LogP contribution in [-0.2, 0) is 14.3 Å². The molecule has 0 rings (SSSR count). The average Bonchev–Trinajstić information content (AvgIpc) is 2.19. The van der Waals surface area contributed by atoms with Gasteiger partial charge in [-0.2, -0.15) is 0 Å². The van der Waals surface area contributed by atoms with E-state index in [0.717, 1.165) is 19.1 Å². The number of ether oxygens (including phenoxy) is 1. The monoisotopic (exact) mass is 214 g/mol. The molecule has 3 nitrogen and oxygen atoms in total. The van der Waals surface area contributed by atoms with Crippen molar-refractivity contribution in [2.75, 3.05) is 6.61 Å². The highest BCUT2D eigenvalue weighted by Gasteiger charge is 2.42. The second-order valence-electron chi connectivity index (χ2n) is 4.14. The third-order valence-corrected chi connectivity index (χ3v) is 2.84. The van der Waals surface area contributed by atoms with Crippen LogP contribution in [0.3, 0.4) is 0 Å². The summed E-state index contributed by atoms with van der Waals surface area (Å²) in [7, 11) is 0. The van der Waals surface area contributed by atoms with Crippen LogP contribution in [0.15, 0.2) is 0 Å². The first kappa shape index (κ1) is 14.1. The van der Waals surface area contributed by atoms with E-state index in [-0.39, 0.29) is 11.9 Å². The van der Waals surface area contributed by atoms with Gasteiger partial charge in [0.2, 0.25) is 0 Å². The lowest BCUT2D eigenvalue weighted by Gasteiger charge is -2.29. The lowest BCUT2D eigenvalue weighted by atomic mass is 9.74. The summed E-state index contributed by atoms with van der Waals surface area (Å²) in [6, 6.07) is 0. The molecule has 0 radical (unpaired) electrons. The molecule has 0 fully saturated rings. The van der Waals surface area contributed by atoms with Crippen LogP contribution in [0.5, 0.6) is 0 Å². The predicted molar refractivity (Wildman–Crippen MR) is 59.5 cm³/mol. The summed E-state index contributed by atoms with van der Waals surface area (Å²) in [5, 5.41) is 0. The van der Waals surface area contributed by atoms with Gasteiger partial charge in [-0.3, -0.25) is 4.79 Å². The van der Waals surface area contributed by atoms with Crippen LogP contribution in [0.25, 0.3) is 0 Å². The maximum absolute atomic E-state index is 11.8. The first-order valence-corrected chi connectivity index (χ1v) is 5.68. The number of esters is 1. The Bertz CT molecular complexity index is 211. The Labute approximate surface area is 92.2 Å². The molecule has 0 saturated carbocycles. The number of hydrogen-bond donors (Lipinski definition) is 0. The van der Waals surface area contributed by atoms with Crippen LogP contribution in [0, 0.1) is 11.3 Å². The van der Waals surface area contributed by atoms with Crippen LogP contribution < -0.4 is 0 Å². The molecule has 0 saturated heterocycles. The van der Waals surface area contributed by atoms with Crippen molar-refractivity contribution in [1.82, 2.24) is 0 Å². The van der Waals surface area contributed by atoms with Gasteiger partial charge in [0.15, 0.2) is 0 Å². The summed E-state index contributed by atoms with van der Waals surface area (Å²) in [6.07, 6.45) is 3.20. The Balaban J connectivity index is 4.79. The standard InChI is InChI=1S/C12H22O3/c1-5-7-8-12(9-13,10(3)4)11(14)15-6-2/h9-10H,5-8H2,1-4H3. The lowest BCUT2D eigenvalue weighted by molar-refractivity contribution is -0.160. The molecule has 0 aromatic rings. The van der Waals surface area contributed by atoms with Crippen LogP contribution in [0.2, 0.25) is 0 Å². The number of carbonyl (C=O) groups is 2. The van der Waals surface area contributed by atoms with E-state index in [4.69, 9.17) is 4.74 Å². The Morgan fingerprint density at radius 2 is 2.00 bits per heavy atom. The van der Waals surface area contributed by atoms with E-state index in [1.165, 1.54) is 0 Å². The minimum absolute atomic E-state index is 0.0133. The van der Waals surface area contributed by atoms with Crippen molar-refractivity contribution in [2.24, 2.45) is 11.3 Å². The summed E-state index contributed by atoms with van der Waals surface area (Å²) < 4.78 is 4.99. The van der Waals surface area contributed by atoms with Crippen molar-refractivity contribution in [3.8, 4) is 0 Å². The van der Waals surface area contributed by atoms with Crippen LogP contribution >= 0.6 is 0 Å². The zero-order valence-electron chi connectivity index (χ0n) is 10.2. The smallest absolute Gasteiger partial charge is 0.319 e. The van der Waals surface area contributed by atoms with Gasteiger partial charge in [-0.25, -0.2) is 0 Å². The number of aldehydes is 1. The van der Waals surface area contributed by atoms with Gasteiger partial charge < -0.3 is 9.53 Å². The molecule has 15 heavy (non-hydrogen) atoms. The van der Waals surface area contributed by atoms with Crippen LogP contribution in [-0.4, -0.2) is 18.9 Å². The maximum Gasteiger partial charge on any atom is 0.319 e. The number of rotatable bonds is 7. The Hall–Kier alpha value is -0.860. The molecule has 0 aromatic heterocycles. The number of hydrogen-bond acceptors (Lipinski definition) is 3. The first-order valence-electron chi connectivity index (χ1n) is 5.68. The molecule has 0 bridgehead atoms.